The first-order valence-electron chi connectivity index (χ1n) is 8.07. The van der Waals surface area contributed by atoms with Gasteiger partial charge in [-0.05, 0) is 35.4 Å². The largest absolute Gasteiger partial charge is 0.497 e. The number of carbonyl (C=O) groups excluding carboxylic acids is 1. The van der Waals surface area contributed by atoms with Gasteiger partial charge in [-0.1, -0.05) is 34.5 Å². The molecule has 0 N–H and O–H groups in total. The van der Waals surface area contributed by atoms with E-state index in [1.54, 1.807) is 49.4 Å². The molecule has 2 aromatic carbocycles. The van der Waals surface area contributed by atoms with Crippen molar-refractivity contribution < 1.29 is 14.3 Å². The molecule has 1 aromatic heterocycles. The SMILES string of the molecule is COc1cc(Cn2cc(C(=O)Cc3ccc(Cl)cc3Cl)nn2)cc(OC)c1. The minimum Gasteiger partial charge on any atom is -0.497 e. The molecule has 0 fully saturated rings. The van der Waals surface area contributed by atoms with Crippen LogP contribution < -0.4 is 9.47 Å². The Hall–Kier alpha value is -2.57. The normalized spacial score (nSPS) is 10.7. The summed E-state index contributed by atoms with van der Waals surface area (Å²) in [6.45, 7) is 0.426. The number of hydrogen-bond acceptors (Lipinski definition) is 5. The molecular formula is C19H17Cl2N3O3. The van der Waals surface area contributed by atoms with Crippen LogP contribution in [-0.2, 0) is 13.0 Å². The first-order chi connectivity index (χ1) is 13.0. The van der Waals surface area contributed by atoms with Crippen LogP contribution in [0.3, 0.4) is 0 Å². The Bertz CT molecular complexity index is 950. The molecule has 0 unspecified atom stereocenters. The number of benzene rings is 2. The first-order valence-corrected chi connectivity index (χ1v) is 8.83. The topological polar surface area (TPSA) is 66.2 Å². The van der Waals surface area contributed by atoms with Gasteiger partial charge in [-0.25, -0.2) is 4.68 Å². The van der Waals surface area contributed by atoms with E-state index < -0.39 is 0 Å². The molecule has 8 heteroatoms. The van der Waals surface area contributed by atoms with Crippen molar-refractivity contribution in [1.82, 2.24) is 15.0 Å². The average molecular weight is 406 g/mol. The van der Waals surface area contributed by atoms with Gasteiger partial charge in [0, 0.05) is 22.5 Å². The fourth-order valence-corrected chi connectivity index (χ4v) is 3.05. The summed E-state index contributed by atoms with van der Waals surface area (Å²) in [7, 11) is 3.18. The highest BCUT2D eigenvalue weighted by Gasteiger charge is 2.14. The molecule has 3 rings (SSSR count). The van der Waals surface area contributed by atoms with E-state index in [9.17, 15) is 4.79 Å². The highest BCUT2D eigenvalue weighted by Crippen LogP contribution is 2.24. The standard InChI is InChI=1S/C19H17Cl2N3O3/c1-26-15-5-12(6-16(9-15)27-2)10-24-11-18(22-23-24)19(25)7-13-3-4-14(20)8-17(13)21/h3-6,8-9,11H,7,10H2,1-2H3. The number of carbonyl (C=O) groups is 1. The van der Waals surface area contributed by atoms with Crippen molar-refractivity contribution in [3.8, 4) is 11.5 Å². The number of rotatable bonds is 7. The number of ketones is 1. The number of halogens is 2. The molecule has 0 saturated heterocycles. The maximum Gasteiger partial charge on any atom is 0.189 e. The zero-order chi connectivity index (χ0) is 19.4. The molecule has 6 nitrogen and oxygen atoms in total. The van der Waals surface area contributed by atoms with Gasteiger partial charge >= 0.3 is 0 Å². The summed E-state index contributed by atoms with van der Waals surface area (Å²) in [6, 6.07) is 10.6. The molecule has 0 aliphatic carbocycles. The highest BCUT2D eigenvalue weighted by molar-refractivity contribution is 6.35. The van der Waals surface area contributed by atoms with Gasteiger partial charge in [0.1, 0.15) is 17.2 Å². The molecule has 3 aromatic rings. The Morgan fingerprint density at radius 3 is 2.41 bits per heavy atom. The molecule has 0 radical (unpaired) electrons. The van der Waals surface area contributed by atoms with E-state index in [-0.39, 0.29) is 17.9 Å². The molecule has 0 atom stereocenters. The van der Waals surface area contributed by atoms with Gasteiger partial charge in [0.05, 0.1) is 27.0 Å². The van der Waals surface area contributed by atoms with Crippen molar-refractivity contribution in [3.63, 3.8) is 0 Å². The van der Waals surface area contributed by atoms with E-state index in [0.717, 1.165) is 5.56 Å². The highest BCUT2D eigenvalue weighted by atomic mass is 35.5. The summed E-state index contributed by atoms with van der Waals surface area (Å²) in [5, 5.41) is 8.98. The van der Waals surface area contributed by atoms with Gasteiger partial charge in [-0.2, -0.15) is 0 Å². The van der Waals surface area contributed by atoms with E-state index >= 15 is 0 Å². The Kier molecular flexibility index (Phi) is 5.98. The second-order valence-corrected chi connectivity index (χ2v) is 6.70. The molecule has 0 aliphatic heterocycles. The summed E-state index contributed by atoms with van der Waals surface area (Å²) in [5.74, 6) is 1.19. The van der Waals surface area contributed by atoms with Gasteiger partial charge in [0.25, 0.3) is 0 Å². The van der Waals surface area contributed by atoms with E-state index in [2.05, 4.69) is 10.3 Å². The van der Waals surface area contributed by atoms with E-state index in [0.29, 0.717) is 33.7 Å². The lowest BCUT2D eigenvalue weighted by molar-refractivity contribution is 0.0988. The van der Waals surface area contributed by atoms with Crippen LogP contribution in [0.25, 0.3) is 0 Å². The molecule has 0 aliphatic rings. The summed E-state index contributed by atoms with van der Waals surface area (Å²) in [6.07, 6.45) is 1.74. The molecule has 27 heavy (non-hydrogen) atoms. The Morgan fingerprint density at radius 1 is 1.07 bits per heavy atom. The fourth-order valence-electron chi connectivity index (χ4n) is 2.58. The zero-order valence-corrected chi connectivity index (χ0v) is 16.3. The van der Waals surface area contributed by atoms with Gasteiger partial charge in [0.15, 0.2) is 5.78 Å². The third-order valence-corrected chi connectivity index (χ3v) is 4.53. The second-order valence-electron chi connectivity index (χ2n) is 5.86. The zero-order valence-electron chi connectivity index (χ0n) is 14.8. The van der Waals surface area contributed by atoms with Crippen LogP contribution in [0.5, 0.6) is 11.5 Å². The molecular weight excluding hydrogens is 389 g/mol. The van der Waals surface area contributed by atoms with Crippen LogP contribution in [0.4, 0.5) is 0 Å². The lowest BCUT2D eigenvalue weighted by Crippen LogP contribution is -2.05. The molecule has 0 spiro atoms. The maximum absolute atomic E-state index is 12.5. The predicted molar refractivity (Wildman–Crippen MR) is 103 cm³/mol. The summed E-state index contributed by atoms with van der Waals surface area (Å²) < 4.78 is 12.1. The average Bonchev–Trinajstić information content (AvgIpc) is 3.12. The van der Waals surface area contributed by atoms with Crippen molar-refractivity contribution in [3.05, 3.63) is 69.5 Å². The molecule has 0 saturated carbocycles. The van der Waals surface area contributed by atoms with Gasteiger partial charge < -0.3 is 9.47 Å². The molecule has 0 amide bonds. The number of aromatic nitrogens is 3. The minimum absolute atomic E-state index is 0.127. The minimum atomic E-state index is -0.173. The van der Waals surface area contributed by atoms with Crippen LogP contribution >= 0.6 is 23.2 Å². The number of methoxy groups -OCH3 is 2. The van der Waals surface area contributed by atoms with E-state index in [1.165, 1.54) is 0 Å². The molecule has 1 heterocycles. The van der Waals surface area contributed by atoms with Gasteiger partial charge in [-0.3, -0.25) is 4.79 Å². The van der Waals surface area contributed by atoms with Crippen molar-refractivity contribution in [1.29, 1.82) is 0 Å². The lowest BCUT2D eigenvalue weighted by Gasteiger charge is -2.08. The summed E-state index contributed by atoms with van der Waals surface area (Å²) in [4.78, 5) is 12.5. The van der Waals surface area contributed by atoms with Gasteiger partial charge in [0.2, 0.25) is 0 Å². The summed E-state index contributed by atoms with van der Waals surface area (Å²) in [5.41, 5.74) is 1.88. The lowest BCUT2D eigenvalue weighted by atomic mass is 10.1. The molecule has 140 valence electrons. The third kappa shape index (κ3) is 4.78. The van der Waals surface area contributed by atoms with Crippen LogP contribution in [0, 0.1) is 0 Å². The quantitative estimate of drug-likeness (QED) is 0.554. The number of Topliss-reactive ketones (excluding diaryl/α,β-unsaturated/α-hetero) is 1. The van der Waals surface area contributed by atoms with Crippen LogP contribution in [0.1, 0.15) is 21.6 Å². The van der Waals surface area contributed by atoms with E-state index in [1.807, 2.05) is 12.1 Å². The predicted octanol–water partition coefficient (Wildman–Crippen LogP) is 4.08. The number of nitrogens with zero attached hydrogens (tertiary/aromatic N) is 3. The van der Waals surface area contributed by atoms with Crippen LogP contribution in [0.2, 0.25) is 10.0 Å². The van der Waals surface area contributed by atoms with Crippen molar-refractivity contribution >= 4 is 29.0 Å². The van der Waals surface area contributed by atoms with Crippen molar-refractivity contribution in [2.45, 2.75) is 13.0 Å². The van der Waals surface area contributed by atoms with Crippen LogP contribution in [-0.4, -0.2) is 35.0 Å². The van der Waals surface area contributed by atoms with Gasteiger partial charge in [-0.15, -0.1) is 5.10 Å². The van der Waals surface area contributed by atoms with E-state index in [4.69, 9.17) is 32.7 Å². The Balaban J connectivity index is 1.73. The number of ether oxygens (including phenoxy) is 2. The monoisotopic (exact) mass is 405 g/mol. The van der Waals surface area contributed by atoms with Crippen LogP contribution in [0.15, 0.2) is 42.6 Å². The Labute approximate surface area is 166 Å². The fraction of sp³-hybridized carbons (Fsp3) is 0.211. The Morgan fingerprint density at radius 2 is 1.78 bits per heavy atom. The first kappa shape index (κ1) is 19.2. The molecule has 0 bridgehead atoms. The summed E-state index contributed by atoms with van der Waals surface area (Å²) >= 11 is 12.0. The second kappa shape index (κ2) is 8.41. The third-order valence-electron chi connectivity index (χ3n) is 3.95. The maximum atomic E-state index is 12.5. The van der Waals surface area contributed by atoms with Crippen molar-refractivity contribution in [2.75, 3.05) is 14.2 Å². The number of hydrogen-bond donors (Lipinski definition) is 0. The smallest absolute Gasteiger partial charge is 0.189 e. The van der Waals surface area contributed by atoms with Crippen molar-refractivity contribution in [2.24, 2.45) is 0 Å².